The number of nitrogens with two attached hydrogens (primary N) is 2. The molecule has 2 bridgehead atoms. The molecule has 8 nitrogen and oxygen atoms in total. The quantitative estimate of drug-likeness (QED) is 0.260. The second-order valence-electron chi connectivity index (χ2n) is 11.5. The molecule has 0 aliphatic heterocycles. The maximum absolute atomic E-state index is 13.9. The number of benzene rings is 2. The van der Waals surface area contributed by atoms with Crippen LogP contribution in [-0.4, -0.2) is 38.5 Å². The lowest BCUT2D eigenvalue weighted by Gasteiger charge is -2.54. The van der Waals surface area contributed by atoms with Gasteiger partial charge in [0.05, 0.1) is 5.60 Å². The first-order valence-electron chi connectivity index (χ1n) is 12.9. The third kappa shape index (κ3) is 4.85. The average molecular weight is 502 g/mol. The van der Waals surface area contributed by atoms with Crippen LogP contribution in [0.1, 0.15) is 77.9 Å². The van der Waals surface area contributed by atoms with Crippen molar-refractivity contribution < 1.29 is 14.7 Å². The zero-order valence-corrected chi connectivity index (χ0v) is 21.4. The Labute approximate surface area is 216 Å². The second kappa shape index (κ2) is 9.03. The Hall–Kier alpha value is -3.65. The summed E-state index contributed by atoms with van der Waals surface area (Å²) < 4.78 is 1.93. The zero-order valence-electron chi connectivity index (χ0n) is 21.4. The van der Waals surface area contributed by atoms with Crippen molar-refractivity contribution in [3.63, 3.8) is 0 Å². The van der Waals surface area contributed by atoms with Crippen LogP contribution in [0, 0.1) is 17.2 Å². The summed E-state index contributed by atoms with van der Waals surface area (Å²) in [6, 6.07) is 14.4. The number of amides is 2. The van der Waals surface area contributed by atoms with Crippen LogP contribution in [-0.2, 0) is 6.54 Å². The molecule has 1 aromatic heterocycles. The molecule has 1 heterocycles. The van der Waals surface area contributed by atoms with Crippen molar-refractivity contribution in [1.29, 1.82) is 5.41 Å². The fourth-order valence-corrected chi connectivity index (χ4v) is 7.05. The van der Waals surface area contributed by atoms with E-state index in [0.29, 0.717) is 41.6 Å². The molecule has 2 amide bonds. The molecule has 7 N–H and O–H groups in total. The maximum Gasteiger partial charge on any atom is 0.268 e. The molecule has 2 atom stereocenters. The van der Waals surface area contributed by atoms with Crippen LogP contribution in [0.5, 0.6) is 0 Å². The van der Waals surface area contributed by atoms with Crippen LogP contribution >= 0.6 is 0 Å². The number of nitrogens with one attached hydrogen (secondary N) is 2. The van der Waals surface area contributed by atoms with Crippen molar-refractivity contribution in [2.45, 2.75) is 63.6 Å². The Bertz CT molecular complexity index is 1380. The van der Waals surface area contributed by atoms with Crippen LogP contribution in [0.2, 0.25) is 0 Å². The summed E-state index contributed by atoms with van der Waals surface area (Å²) in [5.74, 6) is -0.0812. The van der Waals surface area contributed by atoms with Crippen molar-refractivity contribution in [3.05, 3.63) is 70.9 Å². The number of aromatic nitrogens is 1. The standard InChI is InChI=1S/C29H35N5O3/c1-17-11-28(12-18(2)14-29(37,13-17)16-28)33-27(36)24-9-21-7-8-22(25(30)31)10-23(21)34(24)15-19-3-5-20(6-4-19)26(32)35/h3-10,17-18,37H,11-16H2,1-2H3,(H3,30,31)(H2,32,35)(H,33,36)/t17?,18?,28-,29-. The highest BCUT2D eigenvalue weighted by atomic mass is 16.3. The number of carbonyl (C=O) groups is 2. The fourth-order valence-electron chi connectivity index (χ4n) is 7.05. The molecule has 2 aliphatic carbocycles. The van der Waals surface area contributed by atoms with E-state index in [-0.39, 0.29) is 11.7 Å². The summed E-state index contributed by atoms with van der Waals surface area (Å²) in [6.45, 7) is 4.69. The molecule has 2 aliphatic rings. The Morgan fingerprint density at radius 3 is 2.22 bits per heavy atom. The van der Waals surface area contributed by atoms with Crippen LogP contribution in [0.4, 0.5) is 0 Å². The lowest BCUT2D eigenvalue weighted by atomic mass is 9.59. The van der Waals surface area contributed by atoms with Gasteiger partial charge < -0.3 is 26.5 Å². The highest BCUT2D eigenvalue weighted by Crippen LogP contribution is 2.49. The predicted octanol–water partition coefficient (Wildman–Crippen LogP) is 3.52. The third-order valence-corrected chi connectivity index (χ3v) is 8.01. The first-order valence-corrected chi connectivity index (χ1v) is 12.9. The van der Waals surface area contributed by atoms with Gasteiger partial charge in [-0.15, -0.1) is 0 Å². The van der Waals surface area contributed by atoms with Gasteiger partial charge in [-0.3, -0.25) is 15.0 Å². The molecule has 5 rings (SSSR count). The van der Waals surface area contributed by atoms with Gasteiger partial charge in [0.1, 0.15) is 11.5 Å². The second-order valence-corrected chi connectivity index (χ2v) is 11.5. The van der Waals surface area contributed by atoms with Crippen molar-refractivity contribution in [3.8, 4) is 0 Å². The SMILES string of the molecule is CC1C[C@]2(O)CC(C)C[C@@](NC(=O)c3cc4ccc(C(=N)N)cc4n3Cc3ccc(C(N)=O)cc3)(C1)C2. The lowest BCUT2D eigenvalue weighted by molar-refractivity contribution is -0.0963. The molecule has 2 aromatic carbocycles. The highest BCUT2D eigenvalue weighted by molar-refractivity contribution is 6.02. The number of carbonyl (C=O) groups excluding carboxylic acids is 2. The smallest absolute Gasteiger partial charge is 0.268 e. The van der Waals surface area contributed by atoms with Crippen LogP contribution < -0.4 is 16.8 Å². The molecular formula is C29H35N5O3. The summed E-state index contributed by atoms with van der Waals surface area (Å²) in [4.78, 5) is 25.4. The number of fused-ring (bicyclic) bond motifs is 3. The number of nitrogens with zero attached hydrogens (tertiary/aromatic N) is 1. The number of primary amides is 1. The van der Waals surface area contributed by atoms with Gasteiger partial charge in [-0.2, -0.15) is 0 Å². The number of hydrogen-bond acceptors (Lipinski definition) is 4. The molecule has 37 heavy (non-hydrogen) atoms. The highest BCUT2D eigenvalue weighted by Gasteiger charge is 2.52. The molecule has 2 saturated carbocycles. The Morgan fingerprint density at radius 2 is 1.62 bits per heavy atom. The number of rotatable bonds is 6. The van der Waals surface area contributed by atoms with Crippen LogP contribution in [0.25, 0.3) is 10.9 Å². The first kappa shape index (κ1) is 25.0. The van der Waals surface area contributed by atoms with Gasteiger partial charge in [0.25, 0.3) is 5.91 Å². The van der Waals surface area contributed by atoms with Gasteiger partial charge in [0, 0.05) is 34.1 Å². The summed E-state index contributed by atoms with van der Waals surface area (Å²) in [5, 5.41) is 23.4. The summed E-state index contributed by atoms with van der Waals surface area (Å²) in [5.41, 5.74) is 13.2. The number of nitrogen functional groups attached to an aromatic ring is 1. The fraction of sp³-hybridized carbons (Fsp3) is 0.414. The molecule has 194 valence electrons. The largest absolute Gasteiger partial charge is 0.390 e. The normalized spacial score (nSPS) is 27.1. The molecule has 2 unspecified atom stereocenters. The van der Waals surface area contributed by atoms with Gasteiger partial charge in [0.15, 0.2) is 0 Å². The Kier molecular flexibility index (Phi) is 6.10. The van der Waals surface area contributed by atoms with E-state index in [2.05, 4.69) is 19.2 Å². The molecular weight excluding hydrogens is 466 g/mol. The number of hydrogen-bond donors (Lipinski definition) is 5. The monoisotopic (exact) mass is 501 g/mol. The summed E-state index contributed by atoms with van der Waals surface area (Å²) in [6.07, 6.45) is 3.79. The number of amidine groups is 1. The van der Waals surface area contributed by atoms with E-state index in [0.717, 1.165) is 42.1 Å². The van der Waals surface area contributed by atoms with Gasteiger partial charge in [-0.05, 0) is 73.8 Å². The van der Waals surface area contributed by atoms with E-state index < -0.39 is 17.0 Å². The van der Waals surface area contributed by atoms with Gasteiger partial charge in [-0.25, -0.2) is 0 Å². The topological polar surface area (TPSA) is 147 Å². The zero-order chi connectivity index (χ0) is 26.5. The first-order chi connectivity index (χ1) is 17.5. The van der Waals surface area contributed by atoms with Gasteiger partial charge in [0.2, 0.25) is 5.91 Å². The molecule has 3 aromatic rings. The summed E-state index contributed by atoms with van der Waals surface area (Å²) >= 11 is 0. The summed E-state index contributed by atoms with van der Waals surface area (Å²) in [7, 11) is 0. The number of aliphatic hydroxyl groups is 1. The minimum Gasteiger partial charge on any atom is -0.390 e. The Morgan fingerprint density at radius 1 is 1.00 bits per heavy atom. The molecule has 2 fully saturated rings. The molecule has 0 saturated heterocycles. The van der Waals surface area contributed by atoms with Crippen molar-refractivity contribution in [2.24, 2.45) is 23.3 Å². The maximum atomic E-state index is 13.9. The Balaban J connectivity index is 1.54. The minimum absolute atomic E-state index is 0.0444. The molecule has 8 heteroatoms. The predicted molar refractivity (Wildman–Crippen MR) is 144 cm³/mol. The van der Waals surface area contributed by atoms with E-state index in [1.807, 2.05) is 34.9 Å². The van der Waals surface area contributed by atoms with Crippen molar-refractivity contribution >= 4 is 28.6 Å². The van der Waals surface area contributed by atoms with E-state index >= 15 is 0 Å². The average Bonchev–Trinajstić information content (AvgIpc) is 3.15. The van der Waals surface area contributed by atoms with Crippen LogP contribution in [0.15, 0.2) is 48.5 Å². The van der Waals surface area contributed by atoms with Crippen molar-refractivity contribution in [1.82, 2.24) is 9.88 Å². The van der Waals surface area contributed by atoms with Gasteiger partial charge in [-0.1, -0.05) is 38.1 Å². The van der Waals surface area contributed by atoms with Gasteiger partial charge >= 0.3 is 0 Å². The van der Waals surface area contributed by atoms with Crippen molar-refractivity contribution in [2.75, 3.05) is 0 Å². The van der Waals surface area contributed by atoms with E-state index in [1.54, 1.807) is 18.2 Å². The van der Waals surface area contributed by atoms with E-state index in [9.17, 15) is 14.7 Å². The van der Waals surface area contributed by atoms with E-state index in [4.69, 9.17) is 16.9 Å². The van der Waals surface area contributed by atoms with E-state index in [1.165, 1.54) is 0 Å². The molecule has 0 radical (unpaired) electrons. The van der Waals surface area contributed by atoms with Crippen LogP contribution in [0.3, 0.4) is 0 Å². The third-order valence-electron chi connectivity index (χ3n) is 8.01. The molecule has 0 spiro atoms. The lowest BCUT2D eigenvalue weighted by Crippen LogP contribution is -2.62. The minimum atomic E-state index is -0.742.